The first-order chi connectivity index (χ1) is 34.3. The van der Waals surface area contributed by atoms with Crippen molar-refractivity contribution in [2.24, 2.45) is 0 Å². The third-order valence-corrected chi connectivity index (χ3v) is 12.0. The zero-order valence-corrected chi connectivity index (χ0v) is 42.4. The van der Waals surface area contributed by atoms with Gasteiger partial charge in [-0.3, -0.25) is 19.6 Å². The molecular weight excluding hydrogens is 932 g/mol. The van der Waals surface area contributed by atoms with Crippen molar-refractivity contribution in [3.63, 3.8) is 0 Å². The van der Waals surface area contributed by atoms with E-state index in [2.05, 4.69) is 22.2 Å². The van der Waals surface area contributed by atoms with Crippen molar-refractivity contribution in [1.82, 2.24) is 20.2 Å². The molecule has 0 fully saturated rings. The van der Waals surface area contributed by atoms with Crippen LogP contribution in [0, 0.1) is 0 Å². The van der Waals surface area contributed by atoms with Crippen molar-refractivity contribution < 1.29 is 57.1 Å². The number of hydrogen-bond donors (Lipinski definition) is 1. The molecule has 1 amide bonds. The highest BCUT2D eigenvalue weighted by molar-refractivity contribution is 6.67. The summed E-state index contributed by atoms with van der Waals surface area (Å²) in [6.07, 6.45) is 7.41. The molecule has 0 radical (unpaired) electrons. The molecule has 17 heteroatoms. The van der Waals surface area contributed by atoms with Gasteiger partial charge in [0.25, 0.3) is 11.1 Å². The zero-order chi connectivity index (χ0) is 52.0. The van der Waals surface area contributed by atoms with E-state index in [4.69, 9.17) is 49.5 Å². The number of esters is 2. The molecule has 2 heterocycles. The largest absolute Gasteiger partial charge is 0.493 e. The Morgan fingerprint density at radius 2 is 0.972 bits per heavy atom. The van der Waals surface area contributed by atoms with Gasteiger partial charge in [0.05, 0.1) is 70.5 Å². The summed E-state index contributed by atoms with van der Waals surface area (Å²) in [7, 11) is 12.5. The highest BCUT2D eigenvalue weighted by Crippen LogP contribution is 2.40. The Morgan fingerprint density at radius 3 is 1.31 bits per heavy atom. The maximum absolute atomic E-state index is 13.4. The van der Waals surface area contributed by atoms with Crippen LogP contribution in [0.4, 0.5) is 0 Å². The molecule has 6 rings (SSSR count). The van der Waals surface area contributed by atoms with Crippen LogP contribution in [0.1, 0.15) is 79.2 Å². The average Bonchev–Trinajstić information content (AvgIpc) is 3.43. The van der Waals surface area contributed by atoms with E-state index in [0.29, 0.717) is 57.6 Å². The van der Waals surface area contributed by atoms with Crippen LogP contribution in [0.5, 0.6) is 34.5 Å². The van der Waals surface area contributed by atoms with Crippen molar-refractivity contribution in [2.75, 3.05) is 70.0 Å². The van der Waals surface area contributed by atoms with Gasteiger partial charge in [-0.2, -0.15) is 0 Å². The molecule has 0 unspecified atom stereocenters. The summed E-state index contributed by atoms with van der Waals surface area (Å²) in [5.74, 6) is 1.02. The number of amides is 1. The average molecular weight is 994 g/mol. The van der Waals surface area contributed by atoms with Gasteiger partial charge in [-0.15, -0.1) is 0 Å². The lowest BCUT2D eigenvalue weighted by Crippen LogP contribution is -2.50. The second kappa shape index (κ2) is 27.5. The minimum atomic E-state index is -0.912. The third kappa shape index (κ3) is 14.0. The predicted molar refractivity (Wildman–Crippen MR) is 269 cm³/mol. The Morgan fingerprint density at radius 1 is 0.549 bits per heavy atom. The molecule has 0 aliphatic rings. The highest BCUT2D eigenvalue weighted by atomic mass is 35.5. The Kier molecular flexibility index (Phi) is 21.6. The molecule has 71 heavy (non-hydrogen) atoms. The van der Waals surface area contributed by atoms with Gasteiger partial charge in [-0.25, -0.2) is 9.59 Å². The number of likely N-dealkylation sites (N-methyl/N-ethyl adjacent to an activating group) is 2. The number of halogens is 1. The fourth-order valence-electron chi connectivity index (χ4n) is 7.50. The van der Waals surface area contributed by atoms with Gasteiger partial charge >= 0.3 is 11.9 Å². The van der Waals surface area contributed by atoms with Crippen LogP contribution in [-0.4, -0.2) is 108 Å². The molecule has 376 valence electrons. The van der Waals surface area contributed by atoms with Crippen molar-refractivity contribution in [3.05, 3.63) is 167 Å². The Hall–Kier alpha value is -7.69. The smallest absolute Gasteiger partial charge is 0.338 e. The summed E-state index contributed by atoms with van der Waals surface area (Å²) in [6.45, 7) is 4.13. The number of pyridine rings is 2. The summed E-state index contributed by atoms with van der Waals surface area (Å²) in [5, 5.41) is 2.84. The molecule has 0 aliphatic carbocycles. The number of carbonyl (C=O) groups is 4. The molecule has 0 bridgehead atoms. The number of carbonyl (C=O) groups excluding carboxylic acids is 4. The van der Waals surface area contributed by atoms with E-state index in [1.165, 1.54) is 67.2 Å². The van der Waals surface area contributed by atoms with Gasteiger partial charge in [-0.1, -0.05) is 74.5 Å². The zero-order valence-electron chi connectivity index (χ0n) is 41.6. The van der Waals surface area contributed by atoms with E-state index in [9.17, 15) is 19.2 Å². The van der Waals surface area contributed by atoms with Crippen LogP contribution in [0.25, 0.3) is 0 Å². The molecule has 2 atom stereocenters. The fraction of sp³-hybridized carbons (Fsp3) is 0.296. The van der Waals surface area contributed by atoms with Gasteiger partial charge < -0.3 is 48.1 Å². The Labute approximate surface area is 420 Å². The second-order valence-electron chi connectivity index (χ2n) is 15.4. The molecule has 4 aromatic carbocycles. The van der Waals surface area contributed by atoms with Crippen molar-refractivity contribution in [2.45, 2.75) is 37.8 Å². The number of nitrogens with zero attached hydrogens (tertiary/aromatic N) is 3. The summed E-state index contributed by atoms with van der Waals surface area (Å²) in [6, 6.07) is 32.4. The van der Waals surface area contributed by atoms with Gasteiger partial charge in [0.15, 0.2) is 23.0 Å². The first-order valence-electron chi connectivity index (χ1n) is 22.3. The topological polar surface area (TPSA) is 183 Å². The van der Waals surface area contributed by atoms with Crippen molar-refractivity contribution >= 4 is 34.7 Å². The molecule has 16 nitrogen and oxygen atoms in total. The van der Waals surface area contributed by atoms with Crippen LogP contribution < -0.4 is 33.7 Å². The minimum absolute atomic E-state index is 0.0640. The van der Waals surface area contributed by atoms with Gasteiger partial charge in [0.2, 0.25) is 11.5 Å². The molecule has 6 aromatic rings. The summed E-state index contributed by atoms with van der Waals surface area (Å²) >= 11 is 5.12. The number of ether oxygens (including phenoxy) is 8. The van der Waals surface area contributed by atoms with E-state index < -0.39 is 28.3 Å². The molecule has 0 spiro atoms. The summed E-state index contributed by atoms with van der Waals surface area (Å²) < 4.78 is 43.4. The molecule has 0 saturated heterocycles. The van der Waals surface area contributed by atoms with Crippen molar-refractivity contribution in [3.8, 4) is 34.5 Å². The molecule has 1 N–H and O–H groups in total. The van der Waals surface area contributed by atoms with E-state index in [1.54, 1.807) is 60.7 Å². The molecule has 0 saturated carbocycles. The summed E-state index contributed by atoms with van der Waals surface area (Å²) in [4.78, 5) is 59.0. The van der Waals surface area contributed by atoms with E-state index in [0.717, 1.165) is 17.5 Å². The monoisotopic (exact) mass is 992 g/mol. The number of hydrogen-bond acceptors (Lipinski definition) is 15. The molecule has 2 aromatic heterocycles. The Bertz CT molecular complexity index is 2590. The molecular formula is C54H61ClN4O12. The van der Waals surface area contributed by atoms with Gasteiger partial charge in [-0.05, 0) is 91.1 Å². The maximum atomic E-state index is 13.4. The van der Waals surface area contributed by atoms with Crippen molar-refractivity contribution in [1.29, 1.82) is 0 Å². The first-order valence-corrected chi connectivity index (χ1v) is 22.7. The Balaban J connectivity index is 0.000000268. The first kappa shape index (κ1) is 55.9. The van der Waals surface area contributed by atoms with Gasteiger partial charge in [0.1, 0.15) is 18.8 Å². The highest BCUT2D eigenvalue weighted by Gasteiger charge is 2.40. The number of rotatable bonds is 20. The second-order valence-corrected chi connectivity index (χ2v) is 15.7. The molecule has 0 aliphatic heterocycles. The number of aromatic nitrogens is 2. The normalized spacial score (nSPS) is 12.0. The van der Waals surface area contributed by atoms with Crippen LogP contribution in [0.3, 0.4) is 0 Å². The fourth-order valence-corrected chi connectivity index (χ4v) is 7.61. The van der Waals surface area contributed by atoms with E-state index in [1.807, 2.05) is 74.6 Å². The van der Waals surface area contributed by atoms with Crippen LogP contribution in [0.2, 0.25) is 0 Å². The lowest BCUT2D eigenvalue weighted by molar-refractivity contribution is 0.00535. The van der Waals surface area contributed by atoms with Gasteiger partial charge in [0, 0.05) is 31.8 Å². The van der Waals surface area contributed by atoms with Crippen LogP contribution >= 0.6 is 11.6 Å². The number of methoxy groups -OCH3 is 6. The standard InChI is InChI=1S/C27H30N2O6.C21H27NO5.C6H4ClNO/c1-6-27(21-12-8-7-9-13-21,29(2)25(30)19-11-10-14-28-17-19)18-35-26(31)20-15-22(32-3)24(34-5)23(16-20)33-4;1-6-21(22-2,16-10-8-7-9-11-16)14-27-20(23)15-12-17(24-3)19(26-5)18(13-15)25-4;7-6(9)5-2-1-3-8-4-5/h7-17H,6,18H2,1-5H3;7-13,22H,6,14H2,1-5H3;1-4H/t27-;21-;/m11./s1. The number of benzene rings is 4. The summed E-state index contributed by atoms with van der Waals surface area (Å²) in [5.41, 5.74) is 1.98. The number of nitrogens with one attached hydrogen (secondary N) is 1. The van der Waals surface area contributed by atoms with Crippen LogP contribution in [-0.2, 0) is 20.6 Å². The quantitative estimate of drug-likeness (QED) is 0.0564. The predicted octanol–water partition coefficient (Wildman–Crippen LogP) is 9.20. The van der Waals surface area contributed by atoms with E-state index in [-0.39, 0.29) is 24.7 Å². The van der Waals surface area contributed by atoms with E-state index >= 15 is 0 Å². The lowest BCUT2D eigenvalue weighted by atomic mass is 9.86. The maximum Gasteiger partial charge on any atom is 0.338 e. The van der Waals surface area contributed by atoms with Crippen LogP contribution in [0.15, 0.2) is 134 Å². The SMILES string of the molecule is CC[C@@](COC(=O)c1cc(OC)c(OC)c(OC)c1)(c1ccccc1)N(C)C(=O)c1cccnc1.CC[C@](COC(=O)c1cc(OC)c(OC)c(OC)c1)(NC)c1ccccc1.O=C(Cl)c1cccnc1. The minimum Gasteiger partial charge on any atom is -0.493 e. The third-order valence-electron chi connectivity index (χ3n) is 11.7. The lowest BCUT2D eigenvalue weighted by Gasteiger charge is -2.41.